The van der Waals surface area contributed by atoms with Gasteiger partial charge in [-0.25, -0.2) is 0 Å². The Bertz CT molecular complexity index is 526. The number of nitriles is 1. The fourth-order valence-corrected chi connectivity index (χ4v) is 1.60. The van der Waals surface area contributed by atoms with Gasteiger partial charge in [0.05, 0.1) is 18.7 Å². The van der Waals surface area contributed by atoms with Crippen LogP contribution in [0.15, 0.2) is 48.5 Å². The van der Waals surface area contributed by atoms with Crippen LogP contribution in [0.1, 0.15) is 5.56 Å². The van der Waals surface area contributed by atoms with E-state index in [2.05, 4.69) is 6.07 Å². The second kappa shape index (κ2) is 4.50. The second-order valence-electron chi connectivity index (χ2n) is 3.39. The number of rotatable bonds is 2. The molecule has 0 radical (unpaired) electrons. The van der Waals surface area contributed by atoms with Gasteiger partial charge in [0, 0.05) is 5.56 Å². The standard InChI is InChI=1S/C14H11NO/c1-16-13-8-7-12(10-15)14(9-13)11-5-3-2-4-6-11/h2-9H,1H3. The Hall–Kier alpha value is -2.27. The van der Waals surface area contributed by atoms with E-state index in [9.17, 15) is 0 Å². The van der Waals surface area contributed by atoms with Gasteiger partial charge in [0.1, 0.15) is 5.75 Å². The van der Waals surface area contributed by atoms with Gasteiger partial charge in [0.25, 0.3) is 0 Å². The molecular formula is C14H11NO. The lowest BCUT2D eigenvalue weighted by molar-refractivity contribution is 0.415. The van der Waals surface area contributed by atoms with Crippen molar-refractivity contribution in [2.45, 2.75) is 0 Å². The van der Waals surface area contributed by atoms with Crippen LogP contribution in [0, 0.1) is 11.3 Å². The molecule has 0 unspecified atom stereocenters. The Kier molecular flexibility index (Phi) is 2.88. The zero-order valence-corrected chi connectivity index (χ0v) is 8.97. The smallest absolute Gasteiger partial charge is 0.119 e. The molecule has 0 fully saturated rings. The lowest BCUT2D eigenvalue weighted by atomic mass is 10.0. The Morgan fingerprint density at radius 1 is 1.06 bits per heavy atom. The summed E-state index contributed by atoms with van der Waals surface area (Å²) in [6.45, 7) is 0. The first-order valence-corrected chi connectivity index (χ1v) is 4.98. The van der Waals surface area contributed by atoms with Crippen LogP contribution in [-0.4, -0.2) is 7.11 Å². The number of ether oxygens (including phenoxy) is 1. The van der Waals surface area contributed by atoms with Gasteiger partial charge in [-0.15, -0.1) is 0 Å². The average molecular weight is 209 g/mol. The number of hydrogen-bond acceptors (Lipinski definition) is 2. The number of methoxy groups -OCH3 is 1. The molecule has 2 aromatic rings. The molecule has 2 heteroatoms. The number of benzene rings is 2. The van der Waals surface area contributed by atoms with Crippen LogP contribution in [0.5, 0.6) is 5.75 Å². The van der Waals surface area contributed by atoms with Crippen molar-refractivity contribution in [3.8, 4) is 22.9 Å². The third-order valence-electron chi connectivity index (χ3n) is 2.43. The predicted octanol–water partition coefficient (Wildman–Crippen LogP) is 3.23. The molecule has 0 heterocycles. The van der Waals surface area contributed by atoms with Crippen molar-refractivity contribution >= 4 is 0 Å². The van der Waals surface area contributed by atoms with E-state index in [1.54, 1.807) is 19.2 Å². The van der Waals surface area contributed by atoms with Crippen molar-refractivity contribution in [2.24, 2.45) is 0 Å². The average Bonchev–Trinajstić information content (AvgIpc) is 2.39. The minimum Gasteiger partial charge on any atom is -0.497 e. The summed E-state index contributed by atoms with van der Waals surface area (Å²) < 4.78 is 5.17. The molecule has 16 heavy (non-hydrogen) atoms. The monoisotopic (exact) mass is 209 g/mol. The van der Waals surface area contributed by atoms with Crippen LogP contribution in [-0.2, 0) is 0 Å². The molecule has 2 nitrogen and oxygen atoms in total. The van der Waals surface area contributed by atoms with Gasteiger partial charge >= 0.3 is 0 Å². The molecule has 2 rings (SSSR count). The summed E-state index contributed by atoms with van der Waals surface area (Å²) in [5.74, 6) is 0.762. The highest BCUT2D eigenvalue weighted by atomic mass is 16.5. The van der Waals surface area contributed by atoms with Gasteiger partial charge < -0.3 is 4.74 Å². The summed E-state index contributed by atoms with van der Waals surface area (Å²) in [7, 11) is 1.62. The molecule has 0 aliphatic heterocycles. The first-order valence-electron chi connectivity index (χ1n) is 4.98. The van der Waals surface area contributed by atoms with E-state index in [0.717, 1.165) is 16.9 Å². The molecule has 0 saturated heterocycles. The van der Waals surface area contributed by atoms with Crippen LogP contribution in [0.3, 0.4) is 0 Å². The number of hydrogen-bond donors (Lipinski definition) is 0. The van der Waals surface area contributed by atoms with Crippen LogP contribution in [0.4, 0.5) is 0 Å². The highest BCUT2D eigenvalue weighted by molar-refractivity contribution is 5.71. The van der Waals surface area contributed by atoms with Gasteiger partial charge in [-0.05, 0) is 23.8 Å². The van der Waals surface area contributed by atoms with Gasteiger partial charge in [0.15, 0.2) is 0 Å². The third-order valence-corrected chi connectivity index (χ3v) is 2.43. The van der Waals surface area contributed by atoms with Crippen molar-refractivity contribution in [3.05, 3.63) is 54.1 Å². The lowest BCUT2D eigenvalue weighted by Crippen LogP contribution is -1.87. The fraction of sp³-hybridized carbons (Fsp3) is 0.0714. The van der Waals surface area contributed by atoms with Crippen LogP contribution < -0.4 is 4.74 Å². The second-order valence-corrected chi connectivity index (χ2v) is 3.39. The van der Waals surface area contributed by atoms with Crippen LogP contribution in [0.25, 0.3) is 11.1 Å². The first-order chi connectivity index (χ1) is 7.85. The molecule has 0 N–H and O–H groups in total. The highest BCUT2D eigenvalue weighted by Gasteiger charge is 2.05. The third kappa shape index (κ3) is 1.89. The zero-order valence-electron chi connectivity index (χ0n) is 8.97. The SMILES string of the molecule is COc1ccc(C#N)c(-c2ccccc2)c1. The minimum absolute atomic E-state index is 0.659. The molecule has 0 aromatic heterocycles. The lowest BCUT2D eigenvalue weighted by Gasteiger charge is -2.06. The molecule has 0 aliphatic carbocycles. The molecule has 78 valence electrons. The highest BCUT2D eigenvalue weighted by Crippen LogP contribution is 2.27. The maximum absolute atomic E-state index is 9.05. The van der Waals surface area contributed by atoms with Crippen LogP contribution in [0.2, 0.25) is 0 Å². The van der Waals surface area contributed by atoms with E-state index < -0.39 is 0 Å². The molecule has 0 aliphatic rings. The van der Waals surface area contributed by atoms with Gasteiger partial charge in [-0.1, -0.05) is 30.3 Å². The summed E-state index contributed by atoms with van der Waals surface area (Å²) in [5.41, 5.74) is 2.59. The maximum Gasteiger partial charge on any atom is 0.119 e. The zero-order chi connectivity index (χ0) is 11.4. The quantitative estimate of drug-likeness (QED) is 0.760. The van der Waals surface area contributed by atoms with Crippen molar-refractivity contribution in [1.29, 1.82) is 5.26 Å². The predicted molar refractivity (Wildman–Crippen MR) is 63.1 cm³/mol. The van der Waals surface area contributed by atoms with E-state index >= 15 is 0 Å². The summed E-state index contributed by atoms with van der Waals surface area (Å²) in [6.07, 6.45) is 0. The molecule has 0 bridgehead atoms. The van der Waals surface area contributed by atoms with Gasteiger partial charge in [-0.3, -0.25) is 0 Å². The fourth-order valence-electron chi connectivity index (χ4n) is 1.60. The normalized spacial score (nSPS) is 9.50. The minimum atomic E-state index is 0.659. The first kappa shape index (κ1) is 10.3. The van der Waals surface area contributed by atoms with E-state index in [1.807, 2.05) is 36.4 Å². The van der Waals surface area contributed by atoms with E-state index in [-0.39, 0.29) is 0 Å². The molecule has 0 spiro atoms. The van der Waals surface area contributed by atoms with E-state index in [4.69, 9.17) is 10.00 Å². The summed E-state index contributed by atoms with van der Waals surface area (Å²) in [4.78, 5) is 0. The molecule has 0 saturated carbocycles. The maximum atomic E-state index is 9.05. The summed E-state index contributed by atoms with van der Waals surface area (Å²) >= 11 is 0. The van der Waals surface area contributed by atoms with Crippen molar-refractivity contribution in [1.82, 2.24) is 0 Å². The number of nitrogens with zero attached hydrogens (tertiary/aromatic N) is 1. The Morgan fingerprint density at radius 3 is 2.44 bits per heavy atom. The molecule has 2 aromatic carbocycles. The van der Waals surface area contributed by atoms with E-state index in [0.29, 0.717) is 5.56 Å². The van der Waals surface area contributed by atoms with Crippen molar-refractivity contribution < 1.29 is 4.74 Å². The van der Waals surface area contributed by atoms with Gasteiger partial charge in [0.2, 0.25) is 0 Å². The van der Waals surface area contributed by atoms with Crippen LogP contribution >= 0.6 is 0 Å². The summed E-state index contributed by atoms with van der Waals surface area (Å²) in [6, 6.07) is 17.5. The van der Waals surface area contributed by atoms with Crippen molar-refractivity contribution in [2.75, 3.05) is 7.11 Å². The largest absolute Gasteiger partial charge is 0.497 e. The van der Waals surface area contributed by atoms with Gasteiger partial charge in [-0.2, -0.15) is 5.26 Å². The summed E-state index contributed by atoms with van der Waals surface area (Å²) in [5, 5.41) is 9.05. The Labute approximate surface area is 94.7 Å². The molecule has 0 amide bonds. The molecule has 0 atom stereocenters. The Balaban J connectivity index is 2.59. The Morgan fingerprint density at radius 2 is 1.81 bits per heavy atom. The topological polar surface area (TPSA) is 33.0 Å². The van der Waals surface area contributed by atoms with E-state index in [1.165, 1.54) is 0 Å². The van der Waals surface area contributed by atoms with Crippen molar-refractivity contribution in [3.63, 3.8) is 0 Å². The molecular weight excluding hydrogens is 198 g/mol.